The van der Waals surface area contributed by atoms with Gasteiger partial charge in [0.25, 0.3) is 0 Å². The van der Waals surface area contributed by atoms with Gasteiger partial charge in [0.15, 0.2) is 0 Å². The Balaban J connectivity index is 1.61. The molecule has 2 aromatic rings. The summed E-state index contributed by atoms with van der Waals surface area (Å²) in [6, 6.07) is 7.93. The lowest BCUT2D eigenvalue weighted by Crippen LogP contribution is -2.31. The highest BCUT2D eigenvalue weighted by atomic mass is 32.2. The van der Waals surface area contributed by atoms with Crippen molar-refractivity contribution in [1.29, 1.82) is 0 Å². The molecule has 1 atom stereocenters. The van der Waals surface area contributed by atoms with Crippen molar-refractivity contribution >= 4 is 15.9 Å². The Hall–Kier alpha value is -2.39. The molecular formula is C18H17F3N2O3S. The van der Waals surface area contributed by atoms with E-state index < -0.39 is 26.6 Å². The number of carbonyl (C=O) groups excluding carboxylic acids is 1. The Morgan fingerprint density at radius 3 is 2.41 bits per heavy atom. The summed E-state index contributed by atoms with van der Waals surface area (Å²) in [6.45, 7) is 0.523. The van der Waals surface area contributed by atoms with Crippen molar-refractivity contribution in [1.82, 2.24) is 9.62 Å². The summed E-state index contributed by atoms with van der Waals surface area (Å²) in [5.74, 6) is -2.74. The number of halogens is 3. The van der Waals surface area contributed by atoms with Crippen molar-refractivity contribution in [3.8, 4) is 0 Å². The molecule has 144 valence electrons. The van der Waals surface area contributed by atoms with Crippen LogP contribution in [0.1, 0.15) is 12.0 Å². The van der Waals surface area contributed by atoms with Crippen molar-refractivity contribution in [2.45, 2.75) is 17.9 Å². The number of carbonyl (C=O) groups is 1. The molecule has 0 radical (unpaired) electrons. The topological polar surface area (TPSA) is 66.5 Å². The van der Waals surface area contributed by atoms with E-state index in [0.29, 0.717) is 19.2 Å². The first kappa shape index (κ1) is 19.4. The van der Waals surface area contributed by atoms with Gasteiger partial charge in [0.2, 0.25) is 15.9 Å². The summed E-state index contributed by atoms with van der Waals surface area (Å²) in [4.78, 5) is 12.9. The lowest BCUT2D eigenvalue weighted by molar-refractivity contribution is -0.128. The Morgan fingerprint density at radius 1 is 1.04 bits per heavy atom. The molecule has 9 heteroatoms. The fourth-order valence-corrected chi connectivity index (χ4v) is 4.15. The number of amides is 1. The van der Waals surface area contributed by atoms with E-state index >= 15 is 0 Å². The van der Waals surface area contributed by atoms with Gasteiger partial charge < -0.3 is 4.90 Å². The van der Waals surface area contributed by atoms with Crippen LogP contribution in [0.5, 0.6) is 0 Å². The monoisotopic (exact) mass is 398 g/mol. The maximum Gasteiger partial charge on any atom is 0.243 e. The number of nitrogens with one attached hydrogen (secondary N) is 1. The van der Waals surface area contributed by atoms with Crippen LogP contribution in [0, 0.1) is 23.4 Å². The van der Waals surface area contributed by atoms with E-state index in [1.54, 1.807) is 17.0 Å². The van der Waals surface area contributed by atoms with E-state index in [1.165, 1.54) is 12.1 Å². The summed E-state index contributed by atoms with van der Waals surface area (Å²) >= 11 is 0. The summed E-state index contributed by atoms with van der Waals surface area (Å²) in [6.07, 6.45) is 0.134. The van der Waals surface area contributed by atoms with E-state index in [2.05, 4.69) is 4.72 Å². The second kappa shape index (κ2) is 7.69. The Morgan fingerprint density at radius 2 is 1.70 bits per heavy atom. The van der Waals surface area contributed by atoms with Crippen molar-refractivity contribution in [3.05, 3.63) is 65.5 Å². The highest BCUT2D eigenvalue weighted by molar-refractivity contribution is 7.89. The SMILES string of the molecule is O=C1CC(CNS(=O)(=O)c2cc(F)ccc2F)CN1Cc1ccc(F)cc1. The molecular weight excluding hydrogens is 381 g/mol. The highest BCUT2D eigenvalue weighted by Gasteiger charge is 2.31. The lowest BCUT2D eigenvalue weighted by atomic mass is 10.1. The van der Waals surface area contributed by atoms with Gasteiger partial charge >= 0.3 is 0 Å². The maximum absolute atomic E-state index is 13.7. The number of nitrogens with zero attached hydrogens (tertiary/aromatic N) is 1. The third-order valence-electron chi connectivity index (χ3n) is 4.33. The van der Waals surface area contributed by atoms with Gasteiger partial charge in [-0.15, -0.1) is 0 Å². The van der Waals surface area contributed by atoms with Crippen LogP contribution in [-0.2, 0) is 21.4 Å². The van der Waals surface area contributed by atoms with E-state index in [1.807, 2.05) is 0 Å². The van der Waals surface area contributed by atoms with Crippen LogP contribution in [0.2, 0.25) is 0 Å². The predicted molar refractivity (Wildman–Crippen MR) is 91.5 cm³/mol. The molecule has 1 aliphatic rings. The van der Waals surface area contributed by atoms with Crippen LogP contribution >= 0.6 is 0 Å². The lowest BCUT2D eigenvalue weighted by Gasteiger charge is -2.17. The minimum atomic E-state index is -4.24. The zero-order valence-corrected chi connectivity index (χ0v) is 15.0. The molecule has 1 amide bonds. The van der Waals surface area contributed by atoms with Crippen LogP contribution in [0.15, 0.2) is 47.4 Å². The molecule has 5 nitrogen and oxygen atoms in total. The largest absolute Gasteiger partial charge is 0.338 e. The zero-order valence-electron chi connectivity index (χ0n) is 14.2. The molecule has 1 heterocycles. The van der Waals surface area contributed by atoms with Gasteiger partial charge in [0.1, 0.15) is 22.3 Å². The maximum atomic E-state index is 13.7. The van der Waals surface area contributed by atoms with E-state index in [4.69, 9.17) is 0 Å². The first-order valence-corrected chi connectivity index (χ1v) is 9.70. The number of hydrogen-bond acceptors (Lipinski definition) is 3. The zero-order chi connectivity index (χ0) is 19.6. The molecule has 0 saturated carbocycles. The van der Waals surface area contributed by atoms with Crippen molar-refractivity contribution < 1.29 is 26.4 Å². The van der Waals surface area contributed by atoms with E-state index in [0.717, 1.165) is 17.7 Å². The van der Waals surface area contributed by atoms with E-state index in [-0.39, 0.29) is 30.6 Å². The fraction of sp³-hybridized carbons (Fsp3) is 0.278. The molecule has 1 unspecified atom stereocenters. The number of benzene rings is 2. The van der Waals surface area contributed by atoms with Crippen LogP contribution in [0.25, 0.3) is 0 Å². The Kier molecular flexibility index (Phi) is 5.52. The predicted octanol–water partition coefficient (Wildman–Crippen LogP) is 2.43. The van der Waals surface area contributed by atoms with Gasteiger partial charge in [0.05, 0.1) is 0 Å². The molecule has 0 aromatic heterocycles. The minimum absolute atomic E-state index is 0.0794. The summed E-state index contributed by atoms with van der Waals surface area (Å²) in [7, 11) is -4.24. The first-order valence-electron chi connectivity index (χ1n) is 8.21. The van der Waals surface area contributed by atoms with Gasteiger partial charge in [-0.05, 0) is 41.8 Å². The first-order chi connectivity index (χ1) is 12.7. The van der Waals surface area contributed by atoms with Gasteiger partial charge in [-0.1, -0.05) is 12.1 Å². The molecule has 1 aliphatic heterocycles. The second-order valence-corrected chi connectivity index (χ2v) is 8.13. The summed E-state index contributed by atoms with van der Waals surface area (Å²) in [5, 5.41) is 0. The van der Waals surface area contributed by atoms with Crippen molar-refractivity contribution in [3.63, 3.8) is 0 Å². The fourth-order valence-electron chi connectivity index (χ4n) is 2.94. The smallest absolute Gasteiger partial charge is 0.243 e. The van der Waals surface area contributed by atoms with Gasteiger partial charge in [-0.2, -0.15) is 0 Å². The molecule has 0 bridgehead atoms. The molecule has 0 aliphatic carbocycles. The highest BCUT2D eigenvalue weighted by Crippen LogP contribution is 2.21. The van der Waals surface area contributed by atoms with Crippen LogP contribution in [0.3, 0.4) is 0 Å². The molecule has 3 rings (SSSR count). The van der Waals surface area contributed by atoms with Gasteiger partial charge in [0, 0.05) is 26.1 Å². The number of hydrogen-bond donors (Lipinski definition) is 1. The van der Waals surface area contributed by atoms with Crippen LogP contribution in [0.4, 0.5) is 13.2 Å². The van der Waals surface area contributed by atoms with Gasteiger partial charge in [-0.3, -0.25) is 4.79 Å². The average molecular weight is 398 g/mol. The standard InChI is InChI=1S/C18H17F3N2O3S/c19-14-3-1-12(2-4-14)10-23-11-13(7-18(23)24)9-22-27(25,26)17-8-15(20)5-6-16(17)21/h1-6,8,13,22H,7,9-11H2. The molecule has 1 fully saturated rings. The van der Waals surface area contributed by atoms with Gasteiger partial charge in [-0.25, -0.2) is 26.3 Å². The molecule has 1 saturated heterocycles. The molecule has 0 spiro atoms. The van der Waals surface area contributed by atoms with Crippen LogP contribution in [-0.4, -0.2) is 32.3 Å². The molecule has 1 N–H and O–H groups in total. The molecule has 2 aromatic carbocycles. The van der Waals surface area contributed by atoms with Crippen molar-refractivity contribution in [2.75, 3.05) is 13.1 Å². The summed E-state index contributed by atoms with van der Waals surface area (Å²) in [5.41, 5.74) is 0.757. The second-order valence-electron chi connectivity index (χ2n) is 6.40. The minimum Gasteiger partial charge on any atom is -0.338 e. The third kappa shape index (κ3) is 4.67. The Bertz CT molecular complexity index is 949. The molecule has 27 heavy (non-hydrogen) atoms. The normalized spacial score (nSPS) is 17.5. The van der Waals surface area contributed by atoms with Crippen LogP contribution < -0.4 is 4.72 Å². The Labute approximate surface area is 154 Å². The number of sulfonamides is 1. The average Bonchev–Trinajstić information content (AvgIpc) is 2.97. The van der Waals surface area contributed by atoms with E-state index in [9.17, 15) is 26.4 Å². The number of likely N-dealkylation sites (tertiary alicyclic amines) is 1. The third-order valence-corrected chi connectivity index (χ3v) is 5.76. The van der Waals surface area contributed by atoms with Crippen molar-refractivity contribution in [2.24, 2.45) is 5.92 Å². The number of rotatable bonds is 6. The summed E-state index contributed by atoms with van der Waals surface area (Å²) < 4.78 is 66.5. The quantitative estimate of drug-likeness (QED) is 0.813.